The maximum absolute atomic E-state index is 11.9. The molecule has 0 atom stereocenters. The molecule has 0 unspecified atom stereocenters. The number of hydrogen-bond acceptors (Lipinski definition) is 2. The summed E-state index contributed by atoms with van der Waals surface area (Å²) in [5, 5.41) is 4.24. The highest BCUT2D eigenvalue weighted by atomic mass is 16.1. The number of pyridine rings is 1. The third-order valence-electron chi connectivity index (χ3n) is 3.28. The van der Waals surface area contributed by atoms with Crippen molar-refractivity contribution in [2.75, 3.05) is 0 Å². The molecule has 2 aliphatic rings. The lowest BCUT2D eigenvalue weighted by Crippen LogP contribution is -2.14. The number of rotatable bonds is 0. The van der Waals surface area contributed by atoms with Gasteiger partial charge in [0.05, 0.1) is 5.56 Å². The topological polar surface area (TPSA) is 39.8 Å². The van der Waals surface area contributed by atoms with Crippen molar-refractivity contribution in [3.05, 3.63) is 27.2 Å². The van der Waals surface area contributed by atoms with Crippen LogP contribution >= 0.6 is 0 Å². The summed E-state index contributed by atoms with van der Waals surface area (Å²) in [4.78, 5) is 11.9. The molecule has 4 heteroatoms. The Bertz CT molecular complexity index is 563. The summed E-state index contributed by atoms with van der Waals surface area (Å²) >= 11 is 0. The molecule has 0 aromatic carbocycles. The fraction of sp³-hybridized carbons (Fsp3) is 0.455. The lowest BCUT2D eigenvalue weighted by molar-refractivity contribution is 0.722. The van der Waals surface area contributed by atoms with Gasteiger partial charge < -0.3 is 4.57 Å². The van der Waals surface area contributed by atoms with Gasteiger partial charge in [0.1, 0.15) is 0 Å². The van der Waals surface area contributed by atoms with Crippen LogP contribution in [0.4, 0.5) is 0 Å². The van der Waals surface area contributed by atoms with E-state index in [0.717, 1.165) is 28.2 Å². The van der Waals surface area contributed by atoms with Crippen LogP contribution in [0.2, 0.25) is 0 Å². The lowest BCUT2D eigenvalue weighted by Gasteiger charge is -2.15. The van der Waals surface area contributed by atoms with Gasteiger partial charge in [-0.15, -0.1) is 0 Å². The van der Waals surface area contributed by atoms with Crippen LogP contribution in [0.15, 0.2) is 4.79 Å². The summed E-state index contributed by atoms with van der Waals surface area (Å²) in [7, 11) is 3.63. The monoisotopic (exact) mass is 205 g/mol. The van der Waals surface area contributed by atoms with Gasteiger partial charge >= 0.3 is 0 Å². The zero-order valence-electron chi connectivity index (χ0n) is 9.75. The molecule has 0 aromatic rings. The minimum atomic E-state index is -0.0128. The van der Waals surface area contributed by atoms with Crippen molar-refractivity contribution in [2.24, 2.45) is 14.1 Å². The van der Waals surface area contributed by atoms with Crippen LogP contribution in [-0.2, 0) is 14.1 Å². The molecular weight excluding hydrogens is 190 g/mol. The number of fused-ring (bicyclic) bond motifs is 1. The Morgan fingerprint density at radius 1 is 1.07 bits per heavy atom. The summed E-state index contributed by atoms with van der Waals surface area (Å²) in [5.41, 5.74) is 4.08. The van der Waals surface area contributed by atoms with Crippen molar-refractivity contribution >= 4 is 0 Å². The molecule has 0 spiro atoms. The van der Waals surface area contributed by atoms with Crippen LogP contribution in [0.5, 0.6) is 0 Å². The summed E-state index contributed by atoms with van der Waals surface area (Å²) < 4.78 is 3.37. The van der Waals surface area contributed by atoms with Gasteiger partial charge in [-0.2, -0.15) is 5.10 Å². The molecule has 0 aliphatic carbocycles. The number of aromatic nitrogens is 3. The van der Waals surface area contributed by atoms with Gasteiger partial charge in [-0.1, -0.05) is 0 Å². The number of aryl methyl sites for hydroxylation is 1. The first-order chi connectivity index (χ1) is 6.95. The molecule has 0 saturated heterocycles. The van der Waals surface area contributed by atoms with Crippen LogP contribution < -0.4 is 5.56 Å². The Kier molecular flexibility index (Phi) is 1.96. The van der Waals surface area contributed by atoms with Gasteiger partial charge in [-0.05, 0) is 31.9 Å². The molecule has 0 aromatic heterocycles. The molecule has 0 N–H and O–H groups in total. The Labute approximate surface area is 88.5 Å². The van der Waals surface area contributed by atoms with E-state index in [4.69, 9.17) is 0 Å². The highest BCUT2D eigenvalue weighted by Gasteiger charge is 2.21. The Hall–Kier alpha value is -1.58. The van der Waals surface area contributed by atoms with Crippen molar-refractivity contribution < 1.29 is 0 Å². The molecule has 4 nitrogen and oxygen atoms in total. The first-order valence-electron chi connectivity index (χ1n) is 4.94. The predicted molar refractivity (Wildman–Crippen MR) is 59.3 cm³/mol. The van der Waals surface area contributed by atoms with Crippen molar-refractivity contribution in [3.63, 3.8) is 0 Å². The zero-order valence-corrected chi connectivity index (χ0v) is 9.75. The molecule has 0 saturated carbocycles. The highest BCUT2D eigenvalue weighted by molar-refractivity contribution is 5.63. The number of hydrogen-bond donors (Lipinski definition) is 0. The smallest absolute Gasteiger partial charge is 0.277 e. The fourth-order valence-electron chi connectivity index (χ4n) is 1.93. The molecule has 0 fully saturated rings. The number of nitrogens with zero attached hydrogens (tertiary/aromatic N) is 3. The minimum absolute atomic E-state index is 0.0128. The Morgan fingerprint density at radius 3 is 2.27 bits per heavy atom. The fourth-order valence-corrected chi connectivity index (χ4v) is 1.93. The molecular formula is C11H15N3O. The first-order valence-corrected chi connectivity index (χ1v) is 4.94. The zero-order chi connectivity index (χ0) is 11.3. The summed E-state index contributed by atoms with van der Waals surface area (Å²) in [5.74, 6) is 0.767. The molecule has 2 aliphatic heterocycles. The third kappa shape index (κ3) is 1.14. The molecule has 2 heterocycles. The van der Waals surface area contributed by atoms with Crippen LogP contribution in [0.1, 0.15) is 16.8 Å². The van der Waals surface area contributed by atoms with E-state index < -0.39 is 0 Å². The normalized spacial score (nSPS) is 11.3. The van der Waals surface area contributed by atoms with Crippen LogP contribution in [0.25, 0.3) is 11.4 Å². The van der Waals surface area contributed by atoms with Gasteiger partial charge in [-0.25, -0.2) is 4.68 Å². The van der Waals surface area contributed by atoms with Gasteiger partial charge in [-0.3, -0.25) is 4.79 Å². The van der Waals surface area contributed by atoms with E-state index in [0.29, 0.717) is 0 Å². The van der Waals surface area contributed by atoms with Crippen LogP contribution in [-0.4, -0.2) is 14.3 Å². The SMILES string of the molecule is Cc1c(C)c(C)n(C)c2nn(C)c(=O)c1-2. The van der Waals surface area contributed by atoms with Crippen molar-refractivity contribution in [1.82, 2.24) is 14.3 Å². The van der Waals surface area contributed by atoms with Crippen LogP contribution in [0.3, 0.4) is 0 Å². The second-order valence-corrected chi connectivity index (χ2v) is 4.02. The van der Waals surface area contributed by atoms with Gasteiger partial charge in [0.2, 0.25) is 0 Å². The van der Waals surface area contributed by atoms with E-state index in [1.54, 1.807) is 7.05 Å². The van der Waals surface area contributed by atoms with Crippen LogP contribution in [0, 0.1) is 20.8 Å². The second kappa shape index (κ2) is 2.95. The van der Waals surface area contributed by atoms with E-state index in [9.17, 15) is 4.79 Å². The van der Waals surface area contributed by atoms with Crippen molar-refractivity contribution in [1.29, 1.82) is 0 Å². The molecule has 0 radical (unpaired) electrons. The molecule has 0 bridgehead atoms. The van der Waals surface area contributed by atoms with E-state index in [2.05, 4.69) is 5.10 Å². The average molecular weight is 205 g/mol. The Balaban J connectivity index is 3.06. The summed E-state index contributed by atoms with van der Waals surface area (Å²) in [6.45, 7) is 6.06. The largest absolute Gasteiger partial charge is 0.331 e. The average Bonchev–Trinajstić information content (AvgIpc) is 2.50. The lowest BCUT2D eigenvalue weighted by atomic mass is 10.0. The van der Waals surface area contributed by atoms with E-state index in [1.165, 1.54) is 4.68 Å². The van der Waals surface area contributed by atoms with E-state index >= 15 is 0 Å². The predicted octanol–water partition coefficient (Wildman–Crippen LogP) is 1.15. The van der Waals surface area contributed by atoms with Crippen molar-refractivity contribution in [2.45, 2.75) is 20.8 Å². The molecule has 0 amide bonds. The van der Waals surface area contributed by atoms with Gasteiger partial charge in [0, 0.05) is 19.8 Å². The Morgan fingerprint density at radius 2 is 1.67 bits per heavy atom. The van der Waals surface area contributed by atoms with Gasteiger partial charge in [0.25, 0.3) is 5.56 Å². The quantitative estimate of drug-likeness (QED) is 0.647. The third-order valence-corrected chi connectivity index (χ3v) is 3.28. The van der Waals surface area contributed by atoms with E-state index in [-0.39, 0.29) is 5.56 Å². The van der Waals surface area contributed by atoms with E-state index in [1.807, 2.05) is 32.4 Å². The highest BCUT2D eigenvalue weighted by Crippen LogP contribution is 2.25. The molecule has 80 valence electrons. The summed E-state index contributed by atoms with van der Waals surface area (Å²) in [6, 6.07) is 0. The standard InChI is InChI=1S/C11H15N3O/c1-6-7(2)9-10(13(4)8(6)3)12-14(5)11(9)15/h1-5H3. The van der Waals surface area contributed by atoms with Gasteiger partial charge in [0.15, 0.2) is 5.82 Å². The minimum Gasteiger partial charge on any atom is -0.331 e. The molecule has 2 rings (SSSR count). The second-order valence-electron chi connectivity index (χ2n) is 4.02. The summed E-state index contributed by atoms with van der Waals surface area (Å²) in [6.07, 6.45) is 0. The first kappa shape index (κ1) is 9.96. The molecule has 15 heavy (non-hydrogen) atoms. The maximum atomic E-state index is 11.9. The maximum Gasteiger partial charge on any atom is 0.277 e. The van der Waals surface area contributed by atoms with Crippen molar-refractivity contribution in [3.8, 4) is 11.4 Å².